The third kappa shape index (κ3) is 3.49. The molecule has 0 spiro atoms. The molecule has 2 atom stereocenters. The summed E-state index contributed by atoms with van der Waals surface area (Å²) in [5.74, 6) is 0.384. The lowest BCUT2D eigenvalue weighted by molar-refractivity contribution is -0.389. The van der Waals surface area contributed by atoms with Gasteiger partial charge in [0.05, 0.1) is 27.6 Å². The fourth-order valence-corrected chi connectivity index (χ4v) is 7.62. The van der Waals surface area contributed by atoms with Crippen LogP contribution in [-0.4, -0.2) is 26.5 Å². The van der Waals surface area contributed by atoms with Gasteiger partial charge in [-0.3, -0.25) is 0 Å². The van der Waals surface area contributed by atoms with Crippen molar-refractivity contribution in [1.82, 2.24) is 9.78 Å². The Balaban J connectivity index is 1.39. The van der Waals surface area contributed by atoms with E-state index in [1.54, 1.807) is 11.6 Å². The van der Waals surface area contributed by atoms with E-state index < -0.39 is 10.9 Å². The van der Waals surface area contributed by atoms with E-state index in [-0.39, 0.29) is 34.1 Å². The number of nitrogens with zero attached hydrogens (tertiary/aromatic N) is 4. The van der Waals surface area contributed by atoms with Crippen molar-refractivity contribution >= 4 is 40.6 Å². The van der Waals surface area contributed by atoms with Crippen LogP contribution in [0.25, 0.3) is 0 Å². The van der Waals surface area contributed by atoms with Crippen molar-refractivity contribution in [3.8, 4) is 0 Å². The summed E-state index contributed by atoms with van der Waals surface area (Å²) in [7, 11) is 0. The van der Waals surface area contributed by atoms with Crippen molar-refractivity contribution in [3.05, 3.63) is 43.2 Å². The average molecular weight is 478 g/mol. The van der Waals surface area contributed by atoms with Gasteiger partial charge >= 0.3 is 11.8 Å². The summed E-state index contributed by atoms with van der Waals surface area (Å²) in [6.45, 7) is 1.78. The van der Waals surface area contributed by atoms with Crippen LogP contribution in [0.3, 0.4) is 0 Å². The Morgan fingerprint density at radius 1 is 1.44 bits per heavy atom. The van der Waals surface area contributed by atoms with Gasteiger partial charge in [-0.15, -0.1) is 11.3 Å². The number of nitro groups is 1. The Bertz CT molecular complexity index is 1100. The molecule has 2 aromatic heterocycles. The molecule has 4 aliphatic rings. The van der Waals surface area contributed by atoms with Crippen LogP contribution in [-0.2, 0) is 15.2 Å². The minimum Gasteiger partial charge on any atom is -0.380 e. The molecule has 2 N–H and O–H groups in total. The molecule has 9 nitrogen and oxygen atoms in total. The number of hydrogen-bond acceptors (Lipinski definition) is 7. The van der Waals surface area contributed by atoms with Crippen LogP contribution in [0.1, 0.15) is 55.5 Å². The zero-order chi connectivity index (χ0) is 22.7. The van der Waals surface area contributed by atoms with Crippen molar-refractivity contribution < 1.29 is 14.6 Å². The SMILES string of the molecule is Cc1c(Cl)c([N+](=O)[O-])nn1C12CC3CC(CC(CC(=O)O/N=C(\N)c4cccs4)(C3)C1)C2. The quantitative estimate of drug-likeness (QED) is 0.216. The molecule has 4 saturated carbocycles. The fourth-order valence-electron chi connectivity index (χ4n) is 6.81. The molecule has 2 heterocycles. The first kappa shape index (κ1) is 21.4. The maximum absolute atomic E-state index is 12.7. The number of oxime groups is 1. The third-order valence-electron chi connectivity index (χ3n) is 7.34. The van der Waals surface area contributed by atoms with Crippen LogP contribution in [0.5, 0.6) is 0 Å². The molecule has 170 valence electrons. The number of carbonyl (C=O) groups excluding carboxylic acids is 1. The first-order chi connectivity index (χ1) is 15.2. The summed E-state index contributed by atoms with van der Waals surface area (Å²) in [6.07, 6.45) is 5.79. The predicted octanol–water partition coefficient (Wildman–Crippen LogP) is 4.36. The summed E-state index contributed by atoms with van der Waals surface area (Å²) < 4.78 is 1.79. The smallest absolute Gasteiger partial charge is 0.380 e. The van der Waals surface area contributed by atoms with Crippen LogP contribution in [0, 0.1) is 34.3 Å². The topological polar surface area (TPSA) is 126 Å². The summed E-state index contributed by atoms with van der Waals surface area (Å²) in [5.41, 5.74) is 5.94. The molecule has 11 heteroatoms. The molecule has 4 bridgehead atoms. The number of carbonyl (C=O) groups is 1. The second kappa shape index (κ2) is 7.55. The van der Waals surface area contributed by atoms with Gasteiger partial charge in [0.15, 0.2) is 10.9 Å². The van der Waals surface area contributed by atoms with Crippen LogP contribution in [0.2, 0.25) is 5.02 Å². The highest BCUT2D eigenvalue weighted by molar-refractivity contribution is 7.12. The average Bonchev–Trinajstić information content (AvgIpc) is 3.34. The lowest BCUT2D eigenvalue weighted by atomic mass is 9.46. The van der Waals surface area contributed by atoms with Gasteiger partial charge in [-0.2, -0.15) is 4.68 Å². The normalized spacial score (nSPS) is 31.1. The number of halogens is 1. The highest BCUT2D eigenvalue weighted by Crippen LogP contribution is 2.65. The number of rotatable bonds is 6. The molecule has 0 amide bonds. The molecule has 32 heavy (non-hydrogen) atoms. The number of aromatic nitrogens is 2. The largest absolute Gasteiger partial charge is 0.408 e. The Labute approximate surface area is 193 Å². The zero-order valence-electron chi connectivity index (χ0n) is 17.6. The zero-order valence-corrected chi connectivity index (χ0v) is 19.2. The third-order valence-corrected chi connectivity index (χ3v) is 8.67. The van der Waals surface area contributed by atoms with Crippen LogP contribution in [0.15, 0.2) is 22.7 Å². The van der Waals surface area contributed by atoms with Crippen molar-refractivity contribution in [2.75, 3.05) is 0 Å². The van der Waals surface area contributed by atoms with Crippen LogP contribution in [0.4, 0.5) is 5.82 Å². The van der Waals surface area contributed by atoms with Crippen molar-refractivity contribution in [2.24, 2.45) is 28.1 Å². The summed E-state index contributed by atoms with van der Waals surface area (Å²) in [4.78, 5) is 29.5. The van der Waals surface area contributed by atoms with Gasteiger partial charge in [0.2, 0.25) is 0 Å². The van der Waals surface area contributed by atoms with Gasteiger partial charge < -0.3 is 20.7 Å². The molecule has 0 aliphatic heterocycles. The monoisotopic (exact) mass is 477 g/mol. The van der Waals surface area contributed by atoms with Crippen molar-refractivity contribution in [1.29, 1.82) is 0 Å². The Kier molecular flexibility index (Phi) is 5.05. The molecular formula is C21H24ClN5O4S. The number of amidine groups is 1. The molecule has 4 aliphatic carbocycles. The number of hydrogen-bond donors (Lipinski definition) is 1. The minimum atomic E-state index is -0.532. The van der Waals surface area contributed by atoms with Gasteiger partial charge in [-0.1, -0.05) is 22.8 Å². The van der Waals surface area contributed by atoms with Gasteiger partial charge in [-0.25, -0.2) is 4.79 Å². The lowest BCUT2D eigenvalue weighted by Gasteiger charge is -2.61. The maximum atomic E-state index is 12.7. The molecule has 6 rings (SSSR count). The number of nitrogens with two attached hydrogens (primary N) is 1. The van der Waals surface area contributed by atoms with E-state index in [1.807, 2.05) is 17.5 Å². The van der Waals surface area contributed by atoms with E-state index in [2.05, 4.69) is 10.3 Å². The number of thiophene rings is 1. The summed E-state index contributed by atoms with van der Waals surface area (Å²) >= 11 is 7.68. The molecule has 0 aromatic carbocycles. The van der Waals surface area contributed by atoms with Crippen LogP contribution < -0.4 is 5.73 Å². The minimum absolute atomic E-state index is 0.0950. The first-order valence-electron chi connectivity index (χ1n) is 10.7. The van der Waals surface area contributed by atoms with Crippen molar-refractivity contribution in [3.63, 3.8) is 0 Å². The van der Waals surface area contributed by atoms with E-state index >= 15 is 0 Å². The van der Waals surface area contributed by atoms with E-state index in [0.29, 0.717) is 17.5 Å². The maximum Gasteiger partial charge on any atom is 0.408 e. The van der Waals surface area contributed by atoms with Crippen molar-refractivity contribution in [2.45, 2.75) is 57.4 Å². The van der Waals surface area contributed by atoms with Gasteiger partial charge in [0.1, 0.15) is 0 Å². The molecule has 4 fully saturated rings. The Morgan fingerprint density at radius 3 is 2.75 bits per heavy atom. The molecular weight excluding hydrogens is 454 g/mol. The Hall–Kier alpha value is -2.46. The molecule has 0 radical (unpaired) electrons. The molecule has 2 aromatic rings. The van der Waals surface area contributed by atoms with E-state index in [4.69, 9.17) is 22.2 Å². The highest BCUT2D eigenvalue weighted by atomic mass is 35.5. The molecule has 0 saturated heterocycles. The first-order valence-corrected chi connectivity index (χ1v) is 11.9. The van der Waals surface area contributed by atoms with E-state index in [9.17, 15) is 14.9 Å². The predicted molar refractivity (Wildman–Crippen MR) is 119 cm³/mol. The summed E-state index contributed by atoms with van der Waals surface area (Å²) in [5, 5.41) is 21.5. The fraction of sp³-hybridized carbons (Fsp3) is 0.571. The lowest BCUT2D eigenvalue weighted by Crippen LogP contribution is -2.57. The standard InChI is InChI=1S/C21H24ClN5O4S/c1-12-17(22)19(27(29)30)24-26(12)21-8-13-5-14(9-21)7-20(6-13,11-21)10-16(28)31-25-18(23)15-3-2-4-32-15/h2-4,13-14H,5-11H2,1H3,(H2,23,25). The summed E-state index contributed by atoms with van der Waals surface area (Å²) in [6, 6.07) is 3.67. The second-order valence-electron chi connectivity index (χ2n) is 9.67. The van der Waals surface area contributed by atoms with Gasteiger partial charge in [-0.05, 0) is 79.1 Å². The van der Waals surface area contributed by atoms with Crippen LogP contribution >= 0.6 is 22.9 Å². The van der Waals surface area contributed by atoms with E-state index in [1.165, 1.54) is 11.3 Å². The van der Waals surface area contributed by atoms with Gasteiger partial charge in [0, 0.05) is 0 Å². The highest BCUT2D eigenvalue weighted by Gasteiger charge is 2.61. The second-order valence-corrected chi connectivity index (χ2v) is 11.0. The van der Waals surface area contributed by atoms with E-state index in [0.717, 1.165) is 43.4 Å². The Morgan fingerprint density at radius 2 is 2.16 bits per heavy atom. The molecule has 2 unspecified atom stereocenters. The van der Waals surface area contributed by atoms with Gasteiger partial charge in [0.25, 0.3) is 0 Å².